The molecule has 0 unspecified atom stereocenters. The largest absolute Gasteiger partial charge is 1.00 e. The van der Waals surface area contributed by atoms with Crippen LogP contribution in [0.2, 0.25) is 0 Å². The first kappa shape index (κ1) is 23.0. The van der Waals surface area contributed by atoms with Gasteiger partial charge in [0.05, 0.1) is 17.4 Å². The van der Waals surface area contributed by atoms with Crippen LogP contribution in [0.25, 0.3) is 0 Å². The molecule has 0 aliphatic carbocycles. The number of rotatable bonds is 6. The molecule has 0 heterocycles. The first-order valence-electron chi connectivity index (χ1n) is 6.55. The maximum absolute atomic E-state index is 11.5. The van der Waals surface area contributed by atoms with E-state index in [9.17, 15) is 19.8 Å². The van der Waals surface area contributed by atoms with Crippen molar-refractivity contribution in [2.24, 2.45) is 5.41 Å². The summed E-state index contributed by atoms with van der Waals surface area (Å²) in [6.07, 6.45) is -0.346. The molecule has 0 bridgehead atoms. The second-order valence-electron chi connectivity index (χ2n) is 4.98. The average Bonchev–Trinajstić information content (AvgIpc) is 2.48. The number of hydrogen-bond donors (Lipinski definition) is 0. The molecule has 4 nitrogen and oxygen atoms in total. The van der Waals surface area contributed by atoms with E-state index in [1.807, 2.05) is 0 Å². The maximum atomic E-state index is 11.5. The second-order valence-corrected chi connectivity index (χ2v) is 4.98. The molecule has 108 valence electrons. The van der Waals surface area contributed by atoms with E-state index in [4.69, 9.17) is 0 Å². The van der Waals surface area contributed by atoms with Gasteiger partial charge in [0.25, 0.3) is 0 Å². The Bertz CT molecular complexity index is 574. The van der Waals surface area contributed by atoms with Gasteiger partial charge in [0.2, 0.25) is 0 Å². The monoisotopic (exact) mass is 344 g/mol. The van der Waals surface area contributed by atoms with Crippen molar-refractivity contribution >= 4 is 11.9 Å². The minimum Gasteiger partial charge on any atom is -0.549 e. The number of carbonyl (C=O) groups is 2. The van der Waals surface area contributed by atoms with Gasteiger partial charge in [0.15, 0.2) is 0 Å². The predicted molar refractivity (Wildman–Crippen MR) is 72.7 cm³/mol. The molecule has 2 rings (SSSR count). The number of aliphatic carboxylic acids is 2. The maximum Gasteiger partial charge on any atom is 1.00 e. The van der Waals surface area contributed by atoms with Crippen LogP contribution in [-0.4, -0.2) is 11.9 Å². The summed E-state index contributed by atoms with van der Waals surface area (Å²) in [6, 6.07) is 17.2. The van der Waals surface area contributed by atoms with Gasteiger partial charge in [-0.05, 0) is 24.0 Å². The van der Waals surface area contributed by atoms with Gasteiger partial charge in [-0.15, -0.1) is 0 Å². The van der Waals surface area contributed by atoms with Gasteiger partial charge in [0.1, 0.15) is 0 Å². The van der Waals surface area contributed by atoms with Gasteiger partial charge in [-0.1, -0.05) is 60.7 Å². The van der Waals surface area contributed by atoms with Crippen LogP contribution in [0.3, 0.4) is 0 Å². The summed E-state index contributed by atoms with van der Waals surface area (Å²) in [7, 11) is 0. The molecule has 0 fully saturated rings. The third kappa shape index (κ3) is 6.10. The molecule has 2 aromatic carbocycles. The van der Waals surface area contributed by atoms with Crippen LogP contribution in [0.15, 0.2) is 60.7 Å². The molecule has 2 aromatic rings. The van der Waals surface area contributed by atoms with Crippen molar-refractivity contribution < 1.29 is 101 Å². The van der Waals surface area contributed by atoms with Crippen molar-refractivity contribution in [2.45, 2.75) is 12.8 Å². The zero-order valence-corrected chi connectivity index (χ0v) is 18.4. The molecular weight excluding hydrogens is 330 g/mol. The molecule has 6 heteroatoms. The molecule has 0 amide bonds. The normalized spacial score (nSPS) is 10.1. The summed E-state index contributed by atoms with van der Waals surface area (Å²) >= 11 is 0. The van der Waals surface area contributed by atoms with E-state index in [0.717, 1.165) is 0 Å². The molecule has 0 spiro atoms. The van der Waals surface area contributed by atoms with E-state index < -0.39 is 17.4 Å². The quantitative estimate of drug-likeness (QED) is 0.386. The number of benzene rings is 2. The number of carbonyl (C=O) groups excluding carboxylic acids is 2. The Hall–Kier alpha value is 0.0164. The number of hydrogen-bond acceptors (Lipinski definition) is 4. The second kappa shape index (κ2) is 10.8. The van der Waals surface area contributed by atoms with Crippen LogP contribution in [-0.2, 0) is 22.4 Å². The number of carboxylic acid groups (broad SMARTS) is 2. The van der Waals surface area contributed by atoms with Crippen LogP contribution < -0.4 is 91.2 Å². The van der Waals surface area contributed by atoms with Crippen molar-refractivity contribution in [3.8, 4) is 0 Å². The molecule has 0 aliphatic heterocycles. The third-order valence-electron chi connectivity index (χ3n) is 3.48. The summed E-state index contributed by atoms with van der Waals surface area (Å²) in [5, 5.41) is 23.1. The van der Waals surface area contributed by atoms with Gasteiger partial charge in [0, 0.05) is 0 Å². The molecule has 0 N–H and O–H groups in total. The van der Waals surface area contributed by atoms with Crippen molar-refractivity contribution in [2.75, 3.05) is 0 Å². The molecule has 0 saturated carbocycles. The molecule has 0 aromatic heterocycles. The van der Waals surface area contributed by atoms with Gasteiger partial charge in [-0.3, -0.25) is 0 Å². The summed E-state index contributed by atoms with van der Waals surface area (Å²) in [5.41, 5.74) is -0.855. The van der Waals surface area contributed by atoms with Crippen molar-refractivity contribution in [3.05, 3.63) is 71.8 Å². The Labute approximate surface area is 200 Å². The molecule has 0 atom stereocenters. The molecule has 0 aliphatic rings. The van der Waals surface area contributed by atoms with Crippen molar-refractivity contribution in [1.29, 1.82) is 0 Å². The van der Waals surface area contributed by atoms with Crippen LogP contribution in [0, 0.1) is 5.41 Å². The van der Waals surface area contributed by atoms with E-state index in [1.165, 1.54) is 0 Å². The van der Waals surface area contributed by atoms with E-state index in [2.05, 4.69) is 0 Å². The standard InChI is InChI=1S/C17H16O4.K.Na/c18-15(19)17(16(20)21,11-13-7-3-1-4-8-13)12-14-9-5-2-6-10-14;;/h1-10H,11-12H2,(H,18,19)(H,20,21);;/q;2*+1/p-2. The van der Waals surface area contributed by atoms with E-state index in [1.54, 1.807) is 60.7 Å². The fourth-order valence-corrected chi connectivity index (χ4v) is 2.32. The van der Waals surface area contributed by atoms with E-state index >= 15 is 0 Å². The summed E-state index contributed by atoms with van der Waals surface area (Å²) in [4.78, 5) is 23.1. The Kier molecular flexibility index (Phi) is 10.8. The Morgan fingerprint density at radius 3 is 1.30 bits per heavy atom. The van der Waals surface area contributed by atoms with Crippen LogP contribution in [0.4, 0.5) is 0 Å². The minimum absolute atomic E-state index is 0. The van der Waals surface area contributed by atoms with Gasteiger partial charge >= 0.3 is 80.9 Å². The van der Waals surface area contributed by atoms with Gasteiger partial charge in [-0.2, -0.15) is 0 Å². The average molecular weight is 344 g/mol. The zero-order valence-electron chi connectivity index (χ0n) is 13.3. The molecule has 23 heavy (non-hydrogen) atoms. The Morgan fingerprint density at radius 1 is 0.739 bits per heavy atom. The van der Waals surface area contributed by atoms with E-state index in [0.29, 0.717) is 11.1 Å². The summed E-state index contributed by atoms with van der Waals surface area (Å²) in [5.74, 6) is -3.26. The van der Waals surface area contributed by atoms with Crippen molar-refractivity contribution in [1.82, 2.24) is 0 Å². The third-order valence-corrected chi connectivity index (χ3v) is 3.48. The van der Waals surface area contributed by atoms with Crippen LogP contribution in [0.5, 0.6) is 0 Å². The predicted octanol–water partition coefficient (Wildman–Crippen LogP) is -6.03. The zero-order chi connectivity index (χ0) is 15.3. The molecule has 0 radical (unpaired) electrons. The Morgan fingerprint density at radius 2 is 1.04 bits per heavy atom. The summed E-state index contributed by atoms with van der Waals surface area (Å²) in [6.45, 7) is 0. The topological polar surface area (TPSA) is 80.3 Å². The fraction of sp³-hybridized carbons (Fsp3) is 0.176. The fourth-order valence-electron chi connectivity index (χ4n) is 2.32. The van der Waals surface area contributed by atoms with Crippen molar-refractivity contribution in [3.63, 3.8) is 0 Å². The van der Waals surface area contributed by atoms with Gasteiger partial charge in [-0.25, -0.2) is 0 Å². The van der Waals surface area contributed by atoms with Crippen LogP contribution in [0.1, 0.15) is 11.1 Å². The van der Waals surface area contributed by atoms with Crippen LogP contribution >= 0.6 is 0 Å². The smallest absolute Gasteiger partial charge is 0.549 e. The van der Waals surface area contributed by atoms with E-state index in [-0.39, 0.29) is 93.8 Å². The first-order valence-corrected chi connectivity index (χ1v) is 6.55. The number of carboxylic acids is 2. The molecule has 0 saturated heterocycles. The Balaban J connectivity index is 0.00000242. The minimum atomic E-state index is -2.08. The first-order chi connectivity index (χ1) is 10.0. The van der Waals surface area contributed by atoms with Gasteiger partial charge < -0.3 is 19.8 Å². The molecular formula is C17H14KNaO4. The SMILES string of the molecule is O=C([O-])C(Cc1ccccc1)(Cc1ccccc1)C(=O)[O-].[K+].[Na+]. The summed E-state index contributed by atoms with van der Waals surface area (Å²) < 4.78 is 0.